The van der Waals surface area contributed by atoms with E-state index < -0.39 is 5.09 Å². The van der Waals surface area contributed by atoms with Crippen LogP contribution in [0.2, 0.25) is 0 Å². The Morgan fingerprint density at radius 2 is 1.70 bits per heavy atom. The molecule has 54 heavy (non-hydrogen) atoms. The highest BCUT2D eigenvalue weighted by Crippen LogP contribution is 2.34. The van der Waals surface area contributed by atoms with Crippen molar-refractivity contribution in [1.29, 1.82) is 0 Å². The minimum absolute atomic E-state index is 0.0305. The van der Waals surface area contributed by atoms with Crippen LogP contribution >= 0.6 is 0 Å². The largest absolute Gasteiger partial charge is 0.494 e. The van der Waals surface area contributed by atoms with Crippen LogP contribution < -0.4 is 15.0 Å². The number of nitrogens with zero attached hydrogens (tertiary/aromatic N) is 3. The van der Waals surface area contributed by atoms with Crippen molar-refractivity contribution in [2.24, 2.45) is 0 Å². The number of anilines is 1. The molecule has 0 saturated carbocycles. The molecule has 2 aliphatic heterocycles. The summed E-state index contributed by atoms with van der Waals surface area (Å²) < 4.78 is 24.0. The van der Waals surface area contributed by atoms with E-state index in [1.165, 1.54) is 18.2 Å². The van der Waals surface area contributed by atoms with Gasteiger partial charge >= 0.3 is 6.09 Å². The van der Waals surface area contributed by atoms with E-state index in [9.17, 15) is 19.7 Å². The lowest BCUT2D eigenvalue weighted by Crippen LogP contribution is -2.47. The molecule has 1 fully saturated rings. The molecule has 0 aromatic heterocycles. The van der Waals surface area contributed by atoms with E-state index in [-0.39, 0.29) is 37.2 Å². The summed E-state index contributed by atoms with van der Waals surface area (Å²) in [5, 5.41) is 12.4. The van der Waals surface area contributed by atoms with E-state index in [4.69, 9.17) is 18.9 Å². The number of rotatable bonds is 21. The fourth-order valence-corrected chi connectivity index (χ4v) is 6.92. The van der Waals surface area contributed by atoms with Crippen molar-refractivity contribution in [2.75, 3.05) is 64.1 Å². The van der Waals surface area contributed by atoms with Crippen LogP contribution in [0.15, 0.2) is 72.8 Å². The van der Waals surface area contributed by atoms with Crippen LogP contribution in [0.3, 0.4) is 0 Å². The summed E-state index contributed by atoms with van der Waals surface area (Å²) in [6.07, 6.45) is 4.69. The number of aryl methyl sites for hydroxylation is 1. The molecular weight excluding hydrogens is 692 g/mol. The Bertz CT molecular complexity index is 1610. The molecule has 0 bridgehead atoms. The second-order valence-electron chi connectivity index (χ2n) is 13.8. The molecular formula is C41H54N4O9. The maximum atomic E-state index is 13.1. The van der Waals surface area contributed by atoms with E-state index in [2.05, 4.69) is 57.5 Å². The van der Waals surface area contributed by atoms with E-state index in [1.807, 2.05) is 30.3 Å². The van der Waals surface area contributed by atoms with Gasteiger partial charge in [-0.05, 0) is 79.0 Å². The molecule has 0 spiro atoms. The number of piperidine rings is 1. The zero-order valence-corrected chi connectivity index (χ0v) is 31.3. The van der Waals surface area contributed by atoms with Crippen LogP contribution in [-0.4, -0.2) is 87.2 Å². The molecule has 3 aromatic rings. The first-order valence-electron chi connectivity index (χ1n) is 19.1. The highest BCUT2D eigenvalue weighted by Gasteiger charge is 2.34. The normalized spacial score (nSPS) is 16.7. The summed E-state index contributed by atoms with van der Waals surface area (Å²) in [7, 11) is 0. The molecule has 1 saturated heterocycles. The van der Waals surface area contributed by atoms with Gasteiger partial charge in [0.25, 0.3) is 5.09 Å². The first-order valence-corrected chi connectivity index (χ1v) is 19.1. The number of carbonyl (C=O) groups excluding carboxylic acids is 2. The molecule has 2 unspecified atom stereocenters. The minimum atomic E-state index is -0.799. The lowest BCUT2D eigenvalue weighted by Gasteiger charge is -2.38. The van der Waals surface area contributed by atoms with Gasteiger partial charge < -0.3 is 38.9 Å². The van der Waals surface area contributed by atoms with Gasteiger partial charge in [-0.1, -0.05) is 54.6 Å². The monoisotopic (exact) mass is 746 g/mol. The summed E-state index contributed by atoms with van der Waals surface area (Å²) >= 11 is 0. The first-order chi connectivity index (χ1) is 26.4. The number of hydrogen-bond acceptors (Lipinski definition) is 10. The van der Waals surface area contributed by atoms with Crippen LogP contribution in [-0.2, 0) is 43.5 Å². The average Bonchev–Trinajstić information content (AvgIpc) is 3.18. The molecule has 5 rings (SSSR count). The molecule has 3 aromatic carbocycles. The van der Waals surface area contributed by atoms with Gasteiger partial charge in [-0.25, -0.2) is 4.79 Å². The Hall–Kier alpha value is -4.88. The first kappa shape index (κ1) is 40.3. The molecule has 0 radical (unpaired) electrons. The number of unbranched alkanes of at least 4 members (excludes halogenated alkanes) is 2. The summed E-state index contributed by atoms with van der Waals surface area (Å²) in [5.41, 5.74) is 5.80. The molecule has 0 aliphatic carbocycles. The Labute approximate surface area is 317 Å². The zero-order valence-electron chi connectivity index (χ0n) is 31.3. The van der Waals surface area contributed by atoms with Crippen molar-refractivity contribution in [2.45, 2.75) is 77.1 Å². The predicted octanol–water partition coefficient (Wildman–Crippen LogP) is 6.45. The molecule has 13 heteroatoms. The van der Waals surface area contributed by atoms with Crippen LogP contribution in [0.4, 0.5) is 10.5 Å². The second-order valence-corrected chi connectivity index (χ2v) is 13.8. The summed E-state index contributed by atoms with van der Waals surface area (Å²) in [4.78, 5) is 43.3. The topological polar surface area (TPSA) is 142 Å². The lowest BCUT2D eigenvalue weighted by molar-refractivity contribution is -0.757. The van der Waals surface area contributed by atoms with Crippen molar-refractivity contribution in [3.05, 3.63) is 105 Å². The van der Waals surface area contributed by atoms with Gasteiger partial charge in [0.2, 0.25) is 5.91 Å². The van der Waals surface area contributed by atoms with Crippen molar-refractivity contribution in [3.8, 4) is 5.75 Å². The van der Waals surface area contributed by atoms with Gasteiger partial charge in [-0.2, -0.15) is 0 Å². The number of fused-ring (bicyclic) bond motifs is 1. The van der Waals surface area contributed by atoms with E-state index in [1.54, 1.807) is 4.90 Å². The summed E-state index contributed by atoms with van der Waals surface area (Å²) in [5.74, 6) is 0.822. The number of carbonyl (C=O) groups is 2. The number of hydrogen-bond donors (Lipinski definition) is 1. The van der Waals surface area contributed by atoms with Gasteiger partial charge in [-0.3, -0.25) is 4.79 Å². The Morgan fingerprint density at radius 3 is 2.50 bits per heavy atom. The maximum absolute atomic E-state index is 13.1. The van der Waals surface area contributed by atoms with Crippen LogP contribution in [0, 0.1) is 10.1 Å². The smallest absolute Gasteiger partial charge is 0.409 e. The fourth-order valence-electron chi connectivity index (χ4n) is 6.92. The summed E-state index contributed by atoms with van der Waals surface area (Å²) in [6, 6.07) is 24.8. The third kappa shape index (κ3) is 13.2. The number of benzene rings is 3. The van der Waals surface area contributed by atoms with Crippen molar-refractivity contribution >= 4 is 17.7 Å². The molecule has 2 heterocycles. The highest BCUT2D eigenvalue weighted by molar-refractivity contribution is 5.72. The van der Waals surface area contributed by atoms with Gasteiger partial charge in [0.05, 0.1) is 52.3 Å². The number of nitrogens with one attached hydrogen (secondary N) is 1. The third-order valence-corrected chi connectivity index (χ3v) is 9.73. The van der Waals surface area contributed by atoms with E-state index in [0.29, 0.717) is 71.7 Å². The van der Waals surface area contributed by atoms with Crippen LogP contribution in [0.5, 0.6) is 5.75 Å². The number of likely N-dealkylation sites (tertiary alicyclic amines) is 1. The van der Waals surface area contributed by atoms with Gasteiger partial charge in [0, 0.05) is 51.1 Å². The Kier molecular flexibility index (Phi) is 16.2. The zero-order chi connectivity index (χ0) is 38.0. The van der Waals surface area contributed by atoms with Gasteiger partial charge in [0.1, 0.15) is 5.75 Å². The number of ether oxygens (including phenoxy) is 4. The molecule has 1 N–H and O–H groups in total. The van der Waals surface area contributed by atoms with Crippen LogP contribution in [0.25, 0.3) is 0 Å². The maximum Gasteiger partial charge on any atom is 0.409 e. The van der Waals surface area contributed by atoms with Crippen LogP contribution in [0.1, 0.15) is 73.6 Å². The molecule has 2 amide bonds. The molecule has 2 aliphatic rings. The Balaban J connectivity index is 1.17. The quantitative estimate of drug-likeness (QED) is 0.0735. The van der Waals surface area contributed by atoms with Crippen molar-refractivity contribution < 1.29 is 38.5 Å². The summed E-state index contributed by atoms with van der Waals surface area (Å²) in [6.45, 7) is 7.13. The predicted molar refractivity (Wildman–Crippen MR) is 204 cm³/mol. The standard InChI is InChI=1S/C41H54N4O9/c1-32(46)42-20-23-43-21-8-12-36-14-13-34(28-39(36)43)31-53-40-29-44(41(47)52-25-6-3-7-27-54-45(48)49)22-19-38(40)35-15-17-37(18-16-35)51-26-9-24-50-30-33-10-4-2-5-11-33/h2,4-5,10-11,13-18,28,38,40H,3,6-9,12,19-27,29-31H2,1H3,(H,42,46). The lowest BCUT2D eigenvalue weighted by atomic mass is 9.87. The van der Waals surface area contributed by atoms with Crippen molar-refractivity contribution in [3.63, 3.8) is 0 Å². The molecule has 292 valence electrons. The third-order valence-electron chi connectivity index (χ3n) is 9.73. The van der Waals surface area contributed by atoms with E-state index in [0.717, 1.165) is 54.8 Å². The minimum Gasteiger partial charge on any atom is -0.494 e. The van der Waals surface area contributed by atoms with Crippen molar-refractivity contribution in [1.82, 2.24) is 10.2 Å². The molecule has 13 nitrogen and oxygen atoms in total. The average molecular weight is 747 g/mol. The van der Waals surface area contributed by atoms with E-state index >= 15 is 0 Å². The highest BCUT2D eigenvalue weighted by atomic mass is 16.9. The SMILES string of the molecule is CC(=O)NCCN1CCCc2ccc(COC3CN(C(=O)OCCCCCO[N+](=O)[O-])CCC3c3ccc(OCCCOCc4ccccc4)cc3)cc21. The Morgan fingerprint density at radius 1 is 0.889 bits per heavy atom. The fraction of sp³-hybridized carbons (Fsp3) is 0.512. The number of amides is 2. The molecule has 2 atom stereocenters. The second kappa shape index (κ2) is 21.7. The van der Waals surface area contributed by atoms with Gasteiger partial charge in [0.15, 0.2) is 0 Å². The van der Waals surface area contributed by atoms with Gasteiger partial charge in [-0.15, -0.1) is 10.1 Å².